The van der Waals surface area contributed by atoms with Crippen molar-refractivity contribution in [2.45, 2.75) is 113 Å². The van der Waals surface area contributed by atoms with Gasteiger partial charge in [0.15, 0.2) is 35.3 Å². The molecule has 1 saturated carbocycles. The molecule has 0 aromatic heterocycles. The van der Waals surface area contributed by atoms with Gasteiger partial charge in [0, 0.05) is 45.1 Å². The van der Waals surface area contributed by atoms with Crippen molar-refractivity contribution in [3.8, 4) is 34.5 Å². The molecular weight excluding hydrogens is 1240 g/mol. The Bertz CT molecular complexity index is 3350. The number of ether oxygens (including phenoxy) is 13. The van der Waals surface area contributed by atoms with E-state index in [0.29, 0.717) is 120 Å². The summed E-state index contributed by atoms with van der Waals surface area (Å²) >= 11 is 0. The second-order valence-electron chi connectivity index (χ2n) is 24.0. The first-order chi connectivity index (χ1) is 46.1. The Labute approximate surface area is 550 Å². The van der Waals surface area contributed by atoms with Crippen LogP contribution in [0.15, 0.2) is 72.9 Å². The first-order valence-electron chi connectivity index (χ1n) is 32.0. The third kappa shape index (κ3) is 16.8. The number of unbranched alkanes of at least 4 members (excludes halogenated alkanes) is 2. The summed E-state index contributed by atoms with van der Waals surface area (Å²) in [6, 6.07) is 18.1. The first-order valence-corrected chi connectivity index (χ1v) is 32.0. The van der Waals surface area contributed by atoms with E-state index >= 15 is 0 Å². The average Bonchev–Trinajstić information content (AvgIpc) is 1.61. The van der Waals surface area contributed by atoms with Gasteiger partial charge >= 0.3 is 12.1 Å². The van der Waals surface area contributed by atoms with Crippen LogP contribution in [0.4, 0.5) is 21.9 Å². The van der Waals surface area contributed by atoms with Crippen LogP contribution < -0.4 is 49.7 Å². The second-order valence-corrected chi connectivity index (χ2v) is 24.0. The maximum Gasteiger partial charge on any atom is 0.416 e. The summed E-state index contributed by atoms with van der Waals surface area (Å²) in [5.74, 6) is -0.598. The molecule has 28 heteroatoms. The van der Waals surface area contributed by atoms with Gasteiger partial charge in [0.25, 0.3) is 11.8 Å². The Hall–Kier alpha value is -8.03. The van der Waals surface area contributed by atoms with Crippen LogP contribution in [-0.2, 0) is 49.4 Å². The van der Waals surface area contributed by atoms with Gasteiger partial charge in [-0.25, -0.2) is 14.5 Å². The van der Waals surface area contributed by atoms with Crippen LogP contribution in [0.5, 0.6) is 34.5 Å². The molecule has 1 spiro atoms. The standard InChI is InChI=1S/C67H86N6O22/c1-83-44-11-9-41(10-12-44)42-31-43-37-69-47-34-54(52(84-2)32-45(47)61(78)72(43)38-42)91-20-6-5-7-21-92-55-35-49-46(33-53(55)85-3)62(79)71-19-17-67(15-16-67)36-50(71)63(86-4)73(49)66(82)93-39-40-8-13-51(94-65-59(77)57(75)58(76)60(95-65)64(80)81)48(30-40)70-56(74)14-22-87-24-26-89-28-29-90-27-25-88-23-18-68/h8-13,30,32-35,38,43,50,57-60,63,65,69,75-77H,5-7,14-29,31,36-37,39,68H2,1-4H3,(H,70,74)(H,80,81)/t43-,50-,57-,58-,59+,60-,63-,65+/m0/s1. The molecule has 0 radical (unpaired) electrons. The molecule has 4 aromatic rings. The van der Waals surface area contributed by atoms with E-state index < -0.39 is 67.6 Å². The van der Waals surface area contributed by atoms with Gasteiger partial charge in [-0.15, -0.1) is 0 Å². The minimum atomic E-state index is -1.99. The van der Waals surface area contributed by atoms with Gasteiger partial charge in [0.05, 0.1) is 134 Å². The third-order valence-electron chi connectivity index (χ3n) is 17.7. The molecule has 0 unspecified atom stereocenters. The van der Waals surface area contributed by atoms with E-state index in [1.807, 2.05) is 36.5 Å². The van der Waals surface area contributed by atoms with Gasteiger partial charge < -0.3 is 108 Å². The van der Waals surface area contributed by atoms with Gasteiger partial charge in [0.1, 0.15) is 36.4 Å². The fourth-order valence-corrected chi connectivity index (χ4v) is 12.4. The first kappa shape index (κ1) is 69.8. The fourth-order valence-electron chi connectivity index (χ4n) is 12.4. The molecule has 5 aliphatic heterocycles. The van der Waals surface area contributed by atoms with Crippen molar-refractivity contribution in [3.05, 3.63) is 95.2 Å². The van der Waals surface area contributed by atoms with Crippen LogP contribution in [0.3, 0.4) is 0 Å². The number of amides is 4. The summed E-state index contributed by atoms with van der Waals surface area (Å²) in [6.45, 7) is 3.85. The van der Waals surface area contributed by atoms with Crippen molar-refractivity contribution in [3.63, 3.8) is 0 Å². The average molecular weight is 1330 g/mol. The zero-order chi connectivity index (χ0) is 67.2. The number of aliphatic hydroxyl groups excluding tert-OH is 3. The van der Waals surface area contributed by atoms with Crippen LogP contribution in [0, 0.1) is 5.41 Å². The highest BCUT2D eigenvalue weighted by Gasteiger charge is 2.55. The molecule has 5 heterocycles. The molecule has 4 aromatic carbocycles. The minimum Gasteiger partial charge on any atom is -0.497 e. The minimum absolute atomic E-state index is 0.00133. The summed E-state index contributed by atoms with van der Waals surface area (Å²) in [5.41, 5.74) is 9.24. The highest BCUT2D eigenvalue weighted by Crippen LogP contribution is 2.57. The fraction of sp³-hybridized carbons (Fsp3) is 0.537. The monoisotopic (exact) mass is 1330 g/mol. The second kappa shape index (κ2) is 32.6. The summed E-state index contributed by atoms with van der Waals surface area (Å²) in [6.07, 6.45) is -3.95. The molecule has 3 fully saturated rings. The van der Waals surface area contributed by atoms with E-state index in [4.69, 9.17) is 67.3 Å². The summed E-state index contributed by atoms with van der Waals surface area (Å²) < 4.78 is 75.0. The molecule has 0 bridgehead atoms. The van der Waals surface area contributed by atoms with Gasteiger partial charge in [-0.1, -0.05) is 18.2 Å². The van der Waals surface area contributed by atoms with E-state index in [1.165, 1.54) is 44.4 Å². The number of rotatable bonds is 33. The lowest BCUT2D eigenvalue weighted by atomic mass is 9.87. The summed E-state index contributed by atoms with van der Waals surface area (Å²) in [5, 5.41) is 47.7. The van der Waals surface area contributed by atoms with Crippen LogP contribution in [0.25, 0.3) is 5.57 Å². The van der Waals surface area contributed by atoms with Crippen LogP contribution in [0.1, 0.15) is 89.6 Å². The molecular formula is C67H86N6O22. The molecule has 95 heavy (non-hydrogen) atoms. The lowest BCUT2D eigenvalue weighted by molar-refractivity contribution is -0.271. The Balaban J connectivity index is 0.795. The maximum absolute atomic E-state index is 15.0. The largest absolute Gasteiger partial charge is 0.497 e. The normalized spacial score (nSPS) is 22.4. The highest BCUT2D eigenvalue weighted by molar-refractivity contribution is 6.06. The predicted octanol–water partition coefficient (Wildman–Crippen LogP) is 5.16. The van der Waals surface area contributed by atoms with Crippen molar-refractivity contribution in [1.82, 2.24) is 9.80 Å². The number of carbonyl (C=O) groups excluding carboxylic acids is 4. The number of aliphatic hydroxyl groups is 3. The van der Waals surface area contributed by atoms with Crippen LogP contribution in [-0.4, -0.2) is 223 Å². The van der Waals surface area contributed by atoms with Gasteiger partial charge in [-0.2, -0.15) is 0 Å². The Kier molecular flexibility index (Phi) is 24.0. The van der Waals surface area contributed by atoms with Crippen molar-refractivity contribution in [2.75, 3.05) is 130 Å². The van der Waals surface area contributed by atoms with E-state index in [1.54, 1.807) is 35.1 Å². The molecule has 516 valence electrons. The van der Waals surface area contributed by atoms with Crippen molar-refractivity contribution in [2.24, 2.45) is 11.1 Å². The van der Waals surface area contributed by atoms with E-state index in [9.17, 15) is 44.4 Å². The van der Waals surface area contributed by atoms with E-state index in [2.05, 4.69) is 10.6 Å². The molecule has 4 amide bonds. The van der Waals surface area contributed by atoms with Crippen molar-refractivity contribution < 1.29 is 106 Å². The molecule has 2 saturated heterocycles. The quantitative estimate of drug-likeness (QED) is 0.0303. The molecule has 1 aliphatic carbocycles. The molecule has 10 rings (SSSR count). The number of nitrogens with two attached hydrogens (primary N) is 1. The van der Waals surface area contributed by atoms with Crippen LogP contribution >= 0.6 is 0 Å². The summed E-state index contributed by atoms with van der Waals surface area (Å²) in [4.78, 5) is 74.1. The number of hydrogen-bond acceptors (Lipinski definition) is 23. The number of hydrogen-bond donors (Lipinski definition) is 7. The number of fused-ring (bicyclic) bond motifs is 4. The number of nitrogens with one attached hydrogen (secondary N) is 2. The van der Waals surface area contributed by atoms with Gasteiger partial charge in [-0.3, -0.25) is 14.4 Å². The SMILES string of the molecule is COc1ccc(C2=CN3C(=O)c4cc(OC)c(OCCCCCOc5cc6c(cc5OC)C(=O)N5CCC7(CC7)C[C@H]5[C@H](OC)N6C(=O)OCc5ccc(O[C@@H]6O[C@H](C(=O)O)[C@@H](O)[C@H](O)[C@H]6O)c(NC(=O)CCOCCOCCOCCOCCN)c5)cc4NC[C@@H]3C2)cc1. The maximum atomic E-state index is 15.0. The molecule has 8 N–H and O–H groups in total. The zero-order valence-electron chi connectivity index (χ0n) is 53.9. The van der Waals surface area contributed by atoms with E-state index in [0.717, 1.165) is 36.1 Å². The smallest absolute Gasteiger partial charge is 0.416 e. The lowest BCUT2D eigenvalue weighted by Crippen LogP contribution is -2.61. The van der Waals surface area contributed by atoms with Crippen molar-refractivity contribution >= 4 is 52.4 Å². The Morgan fingerprint density at radius 2 is 1.37 bits per heavy atom. The number of nitrogens with zero attached hydrogens (tertiary/aromatic N) is 3. The topological polar surface area (TPSA) is 346 Å². The number of carboxylic acid groups (broad SMARTS) is 1. The number of benzene rings is 4. The zero-order valence-corrected chi connectivity index (χ0v) is 53.9. The number of aliphatic carboxylic acids is 1. The van der Waals surface area contributed by atoms with Crippen LogP contribution in [0.2, 0.25) is 0 Å². The molecule has 6 aliphatic rings. The number of carboxylic acids is 1. The number of piperidine rings is 1. The van der Waals surface area contributed by atoms with Gasteiger partial charge in [-0.05, 0) is 110 Å². The third-order valence-corrected chi connectivity index (χ3v) is 17.7. The Morgan fingerprint density at radius 1 is 0.705 bits per heavy atom. The molecule has 28 nitrogen and oxygen atoms in total. The number of carbonyl (C=O) groups is 5. The predicted molar refractivity (Wildman–Crippen MR) is 341 cm³/mol. The number of methoxy groups -OCH3 is 4. The Morgan fingerprint density at radius 3 is 2.01 bits per heavy atom. The number of anilines is 3. The summed E-state index contributed by atoms with van der Waals surface area (Å²) in [7, 11) is 6.10. The highest BCUT2D eigenvalue weighted by atomic mass is 16.7. The van der Waals surface area contributed by atoms with E-state index in [-0.39, 0.29) is 90.3 Å². The van der Waals surface area contributed by atoms with Crippen molar-refractivity contribution in [1.29, 1.82) is 0 Å². The molecule has 8 atom stereocenters. The lowest BCUT2D eigenvalue weighted by Gasteiger charge is -2.43. The van der Waals surface area contributed by atoms with Gasteiger partial charge in [0.2, 0.25) is 12.2 Å².